The van der Waals surface area contributed by atoms with Gasteiger partial charge in [0.15, 0.2) is 6.29 Å². The highest BCUT2D eigenvalue weighted by Gasteiger charge is 2.04. The first-order valence-electron chi connectivity index (χ1n) is 5.48. The van der Waals surface area contributed by atoms with Crippen LogP contribution in [0, 0.1) is 0 Å². The van der Waals surface area contributed by atoms with E-state index in [1.807, 2.05) is 12.1 Å². The van der Waals surface area contributed by atoms with Gasteiger partial charge in [0.05, 0.1) is 4.47 Å². The Balaban J connectivity index is 2.13. The molecule has 0 amide bonds. The Morgan fingerprint density at radius 2 is 1.95 bits per heavy atom. The monoisotopic (exact) mass is 340 g/mol. The number of hydrogen-bond donors (Lipinski definition) is 0. The molecule has 0 bridgehead atoms. The third-order valence-corrected chi connectivity index (χ3v) is 3.10. The Kier molecular flexibility index (Phi) is 4.82. The zero-order chi connectivity index (χ0) is 13.7. The van der Waals surface area contributed by atoms with Gasteiger partial charge >= 0.3 is 0 Å². The van der Waals surface area contributed by atoms with Crippen LogP contribution in [-0.2, 0) is 4.79 Å². The first-order chi connectivity index (χ1) is 9.19. The molecule has 0 aromatic heterocycles. The van der Waals surface area contributed by atoms with Crippen molar-refractivity contribution in [1.29, 1.82) is 0 Å². The van der Waals surface area contributed by atoms with Crippen molar-refractivity contribution in [3.05, 3.63) is 52.0 Å². The molecule has 0 aliphatic carbocycles. The van der Waals surface area contributed by atoms with E-state index in [1.165, 1.54) is 0 Å². The molecule has 0 aliphatic heterocycles. The molecule has 2 rings (SSSR count). The Labute approximate surface area is 124 Å². The summed E-state index contributed by atoms with van der Waals surface area (Å²) in [6.45, 7) is 0.0209. The standard InChI is InChI=1S/C14H10BrClO3/c15-13-9-12(4-5-14(13)18-7-6-17)19-11-3-1-2-10(16)8-11/h1-6,8-9H,7H2. The lowest BCUT2D eigenvalue weighted by Crippen LogP contribution is -1.98. The molecule has 0 fully saturated rings. The largest absolute Gasteiger partial charge is 0.485 e. The summed E-state index contributed by atoms with van der Waals surface area (Å²) in [5.41, 5.74) is 0. The number of carbonyl (C=O) groups excluding carboxylic acids is 1. The predicted molar refractivity (Wildman–Crippen MR) is 77.2 cm³/mol. The predicted octanol–water partition coefficient (Wildman–Crippen LogP) is 4.47. The maximum Gasteiger partial charge on any atom is 0.157 e. The quantitative estimate of drug-likeness (QED) is 0.753. The molecular formula is C14H10BrClO3. The molecule has 0 radical (unpaired) electrons. The van der Waals surface area contributed by atoms with E-state index >= 15 is 0 Å². The van der Waals surface area contributed by atoms with Crippen molar-refractivity contribution in [2.75, 3.05) is 6.61 Å². The second-order valence-corrected chi connectivity index (χ2v) is 4.92. The molecular weight excluding hydrogens is 332 g/mol. The van der Waals surface area contributed by atoms with Crippen molar-refractivity contribution < 1.29 is 14.3 Å². The van der Waals surface area contributed by atoms with Crippen LogP contribution < -0.4 is 9.47 Å². The van der Waals surface area contributed by atoms with Gasteiger partial charge in [-0.15, -0.1) is 0 Å². The molecule has 3 nitrogen and oxygen atoms in total. The highest BCUT2D eigenvalue weighted by molar-refractivity contribution is 9.10. The van der Waals surface area contributed by atoms with E-state index in [4.69, 9.17) is 21.1 Å². The Morgan fingerprint density at radius 1 is 1.16 bits per heavy atom. The van der Waals surface area contributed by atoms with Crippen LogP contribution in [0.15, 0.2) is 46.9 Å². The maximum absolute atomic E-state index is 10.3. The lowest BCUT2D eigenvalue weighted by Gasteiger charge is -2.09. The van der Waals surface area contributed by atoms with Crippen LogP contribution in [0.1, 0.15) is 0 Å². The van der Waals surface area contributed by atoms with Gasteiger partial charge in [0, 0.05) is 5.02 Å². The van der Waals surface area contributed by atoms with E-state index in [-0.39, 0.29) is 6.61 Å². The highest BCUT2D eigenvalue weighted by atomic mass is 79.9. The fourth-order valence-electron chi connectivity index (χ4n) is 1.45. The van der Waals surface area contributed by atoms with Crippen LogP contribution >= 0.6 is 27.5 Å². The van der Waals surface area contributed by atoms with Gasteiger partial charge in [0.2, 0.25) is 0 Å². The van der Waals surface area contributed by atoms with E-state index in [0.717, 1.165) is 0 Å². The molecule has 0 atom stereocenters. The van der Waals surface area contributed by atoms with Crippen molar-refractivity contribution in [3.8, 4) is 17.2 Å². The summed E-state index contributed by atoms with van der Waals surface area (Å²) in [5, 5.41) is 0.613. The summed E-state index contributed by atoms with van der Waals surface area (Å²) in [7, 11) is 0. The molecule has 98 valence electrons. The summed E-state index contributed by atoms with van der Waals surface area (Å²) < 4.78 is 11.6. The van der Waals surface area contributed by atoms with Crippen LogP contribution in [0.5, 0.6) is 17.2 Å². The summed E-state index contributed by atoms with van der Waals surface area (Å²) in [5.74, 6) is 1.89. The minimum Gasteiger partial charge on any atom is -0.485 e. The number of aldehydes is 1. The number of benzene rings is 2. The van der Waals surface area contributed by atoms with E-state index in [1.54, 1.807) is 30.3 Å². The highest BCUT2D eigenvalue weighted by Crippen LogP contribution is 2.32. The topological polar surface area (TPSA) is 35.5 Å². The molecule has 0 aliphatic rings. The third kappa shape index (κ3) is 3.98. The fraction of sp³-hybridized carbons (Fsp3) is 0.0714. The average molecular weight is 342 g/mol. The Morgan fingerprint density at radius 3 is 2.63 bits per heavy atom. The van der Waals surface area contributed by atoms with Crippen LogP contribution in [0.25, 0.3) is 0 Å². The van der Waals surface area contributed by atoms with Crippen LogP contribution in [0.2, 0.25) is 5.02 Å². The lowest BCUT2D eigenvalue weighted by molar-refractivity contribution is -0.109. The smallest absolute Gasteiger partial charge is 0.157 e. The molecule has 0 spiro atoms. The summed E-state index contributed by atoms with van der Waals surface area (Å²) in [6.07, 6.45) is 0.697. The molecule has 19 heavy (non-hydrogen) atoms. The van der Waals surface area contributed by atoms with Crippen LogP contribution in [-0.4, -0.2) is 12.9 Å². The maximum atomic E-state index is 10.3. The SMILES string of the molecule is O=CCOc1ccc(Oc2cccc(Cl)c2)cc1Br. The molecule has 0 heterocycles. The third-order valence-electron chi connectivity index (χ3n) is 2.24. The zero-order valence-electron chi connectivity index (χ0n) is 9.81. The molecule has 5 heteroatoms. The van der Waals surface area contributed by atoms with Gasteiger partial charge in [-0.25, -0.2) is 0 Å². The van der Waals surface area contributed by atoms with Crippen molar-refractivity contribution in [1.82, 2.24) is 0 Å². The second kappa shape index (κ2) is 6.59. The van der Waals surface area contributed by atoms with Crippen molar-refractivity contribution in [3.63, 3.8) is 0 Å². The molecule has 0 unspecified atom stereocenters. The summed E-state index contributed by atoms with van der Waals surface area (Å²) >= 11 is 9.24. The van der Waals surface area contributed by atoms with Gasteiger partial charge in [-0.3, -0.25) is 4.79 Å². The first kappa shape index (κ1) is 13.9. The van der Waals surface area contributed by atoms with E-state index in [9.17, 15) is 4.79 Å². The van der Waals surface area contributed by atoms with Gasteiger partial charge in [0.25, 0.3) is 0 Å². The lowest BCUT2D eigenvalue weighted by atomic mass is 10.3. The Bertz CT molecular complexity index is 587. The summed E-state index contributed by atoms with van der Waals surface area (Å²) in [4.78, 5) is 10.3. The van der Waals surface area contributed by atoms with Crippen LogP contribution in [0.4, 0.5) is 0 Å². The molecule has 2 aromatic carbocycles. The molecule has 0 N–H and O–H groups in total. The molecule has 0 saturated heterocycles. The van der Waals surface area contributed by atoms with Gasteiger partial charge in [0.1, 0.15) is 23.9 Å². The van der Waals surface area contributed by atoms with E-state index in [0.29, 0.717) is 33.0 Å². The summed E-state index contributed by atoms with van der Waals surface area (Å²) in [6, 6.07) is 12.4. The van der Waals surface area contributed by atoms with Crippen molar-refractivity contribution in [2.45, 2.75) is 0 Å². The molecule has 2 aromatic rings. The average Bonchev–Trinajstić information content (AvgIpc) is 2.38. The minimum atomic E-state index is 0.0209. The fourth-order valence-corrected chi connectivity index (χ4v) is 2.11. The minimum absolute atomic E-state index is 0.0209. The Hall–Kier alpha value is -1.52. The van der Waals surface area contributed by atoms with Crippen molar-refractivity contribution >= 4 is 33.8 Å². The molecule has 0 saturated carbocycles. The zero-order valence-corrected chi connectivity index (χ0v) is 12.1. The number of carbonyl (C=O) groups is 1. The normalized spacial score (nSPS) is 10.0. The number of rotatable bonds is 5. The van der Waals surface area contributed by atoms with E-state index < -0.39 is 0 Å². The van der Waals surface area contributed by atoms with Gasteiger partial charge in [-0.2, -0.15) is 0 Å². The number of halogens is 2. The van der Waals surface area contributed by atoms with Gasteiger partial charge in [-0.1, -0.05) is 17.7 Å². The number of ether oxygens (including phenoxy) is 2. The number of hydrogen-bond acceptors (Lipinski definition) is 3. The van der Waals surface area contributed by atoms with E-state index in [2.05, 4.69) is 15.9 Å². The first-order valence-corrected chi connectivity index (χ1v) is 6.65. The van der Waals surface area contributed by atoms with Crippen LogP contribution in [0.3, 0.4) is 0 Å². The van der Waals surface area contributed by atoms with Gasteiger partial charge in [-0.05, 0) is 52.3 Å². The second-order valence-electron chi connectivity index (χ2n) is 3.63. The van der Waals surface area contributed by atoms with Gasteiger partial charge < -0.3 is 9.47 Å². The van der Waals surface area contributed by atoms with Crippen molar-refractivity contribution in [2.24, 2.45) is 0 Å².